The maximum absolute atomic E-state index is 11.2. The summed E-state index contributed by atoms with van der Waals surface area (Å²) in [4.78, 5) is 16.4. The first-order valence-electron chi connectivity index (χ1n) is 6.65. The molecule has 0 saturated heterocycles. The second-order valence-corrected chi connectivity index (χ2v) is 6.53. The number of aromatic nitrogens is 1. The number of nitrogens with zero attached hydrogens (tertiary/aromatic N) is 2. The Kier molecular flexibility index (Phi) is 4.35. The quantitative estimate of drug-likeness (QED) is 0.410. The molecule has 3 aromatic rings. The number of nitro groups is 1. The molecule has 0 bridgehead atoms. The van der Waals surface area contributed by atoms with Crippen LogP contribution in [0.15, 0.2) is 41.3 Å². The summed E-state index contributed by atoms with van der Waals surface area (Å²) in [6.07, 6.45) is 2.02. The fourth-order valence-electron chi connectivity index (χ4n) is 2.10. The maximum Gasteiger partial charge on any atom is 0.296 e. The Morgan fingerprint density at radius 3 is 2.83 bits per heavy atom. The number of hydrogen-bond acceptors (Lipinski definition) is 7. The van der Waals surface area contributed by atoms with Gasteiger partial charge >= 0.3 is 0 Å². The van der Waals surface area contributed by atoms with Gasteiger partial charge in [-0.1, -0.05) is 11.3 Å². The average Bonchev–Trinajstić information content (AvgIpc) is 2.96. The van der Waals surface area contributed by atoms with Crippen LogP contribution in [0.5, 0.6) is 5.75 Å². The van der Waals surface area contributed by atoms with Gasteiger partial charge in [-0.3, -0.25) is 10.1 Å². The van der Waals surface area contributed by atoms with Crippen LogP contribution in [0.2, 0.25) is 0 Å². The molecule has 8 heteroatoms. The monoisotopic (exact) mass is 347 g/mol. The van der Waals surface area contributed by atoms with Crippen LogP contribution in [0.25, 0.3) is 10.2 Å². The third-order valence-electron chi connectivity index (χ3n) is 3.24. The van der Waals surface area contributed by atoms with Gasteiger partial charge in [0.25, 0.3) is 5.69 Å². The number of hydrogen-bond donors (Lipinski definition) is 1. The van der Waals surface area contributed by atoms with Gasteiger partial charge in [0.1, 0.15) is 11.4 Å². The summed E-state index contributed by atoms with van der Waals surface area (Å²) in [5.41, 5.74) is 1.21. The van der Waals surface area contributed by atoms with E-state index < -0.39 is 4.92 Å². The van der Waals surface area contributed by atoms with Gasteiger partial charge in [0.15, 0.2) is 5.13 Å². The minimum absolute atomic E-state index is 0.0478. The molecular formula is C15H13N3O3S2. The average molecular weight is 347 g/mol. The molecule has 0 radical (unpaired) electrons. The zero-order valence-electron chi connectivity index (χ0n) is 12.4. The van der Waals surface area contributed by atoms with Crippen molar-refractivity contribution in [3.8, 4) is 5.75 Å². The number of fused-ring (bicyclic) bond motifs is 1. The number of anilines is 2. The van der Waals surface area contributed by atoms with E-state index >= 15 is 0 Å². The fourth-order valence-corrected chi connectivity index (χ4v) is 3.53. The molecule has 1 heterocycles. The first-order chi connectivity index (χ1) is 11.1. The Balaban J connectivity index is 1.96. The van der Waals surface area contributed by atoms with Crippen molar-refractivity contribution in [3.63, 3.8) is 0 Å². The Labute approximate surface area is 140 Å². The first-order valence-corrected chi connectivity index (χ1v) is 8.69. The van der Waals surface area contributed by atoms with E-state index in [2.05, 4.69) is 16.4 Å². The van der Waals surface area contributed by atoms with Crippen molar-refractivity contribution in [1.82, 2.24) is 4.98 Å². The molecule has 0 atom stereocenters. The highest BCUT2D eigenvalue weighted by atomic mass is 32.2. The molecule has 0 saturated carbocycles. The second kappa shape index (κ2) is 6.43. The number of benzene rings is 2. The van der Waals surface area contributed by atoms with E-state index in [9.17, 15) is 10.1 Å². The molecule has 6 nitrogen and oxygen atoms in total. The van der Waals surface area contributed by atoms with Crippen molar-refractivity contribution in [3.05, 3.63) is 46.5 Å². The van der Waals surface area contributed by atoms with Crippen LogP contribution in [0, 0.1) is 10.1 Å². The number of nitro benzene ring substituents is 1. The molecule has 1 N–H and O–H groups in total. The lowest BCUT2D eigenvalue weighted by Crippen LogP contribution is -1.97. The Morgan fingerprint density at radius 2 is 2.13 bits per heavy atom. The van der Waals surface area contributed by atoms with Crippen molar-refractivity contribution in [1.29, 1.82) is 0 Å². The van der Waals surface area contributed by atoms with Crippen molar-refractivity contribution >= 4 is 49.8 Å². The van der Waals surface area contributed by atoms with Crippen LogP contribution in [0.4, 0.5) is 16.5 Å². The molecule has 0 aliphatic rings. The van der Waals surface area contributed by atoms with E-state index in [0.29, 0.717) is 16.6 Å². The van der Waals surface area contributed by atoms with Crippen LogP contribution in [-0.4, -0.2) is 23.3 Å². The number of ether oxygens (including phenoxy) is 1. The van der Waals surface area contributed by atoms with Crippen molar-refractivity contribution < 1.29 is 9.66 Å². The van der Waals surface area contributed by atoms with Crippen molar-refractivity contribution in [2.75, 3.05) is 18.7 Å². The molecule has 1 aromatic heterocycles. The molecule has 23 heavy (non-hydrogen) atoms. The van der Waals surface area contributed by atoms with Crippen molar-refractivity contribution in [2.45, 2.75) is 4.90 Å². The van der Waals surface area contributed by atoms with Crippen molar-refractivity contribution in [2.24, 2.45) is 0 Å². The predicted molar refractivity (Wildman–Crippen MR) is 94.3 cm³/mol. The molecule has 0 aliphatic heterocycles. The van der Waals surface area contributed by atoms with Crippen LogP contribution < -0.4 is 10.1 Å². The van der Waals surface area contributed by atoms with E-state index in [1.165, 1.54) is 24.5 Å². The van der Waals surface area contributed by atoms with E-state index in [1.54, 1.807) is 23.9 Å². The summed E-state index contributed by atoms with van der Waals surface area (Å²) >= 11 is 3.13. The summed E-state index contributed by atoms with van der Waals surface area (Å²) in [6, 6.07) is 10.7. The van der Waals surface area contributed by atoms with Gasteiger partial charge in [0.2, 0.25) is 0 Å². The normalized spacial score (nSPS) is 10.7. The summed E-state index contributed by atoms with van der Waals surface area (Å²) in [5, 5.41) is 14.9. The molecule has 0 amide bonds. The smallest absolute Gasteiger partial charge is 0.296 e. The third kappa shape index (κ3) is 3.22. The predicted octanol–water partition coefficient (Wildman–Crippen LogP) is 4.68. The number of thioether (sulfide) groups is 1. The molecule has 0 unspecified atom stereocenters. The maximum atomic E-state index is 11.2. The van der Waals surface area contributed by atoms with Crippen LogP contribution in [0.3, 0.4) is 0 Å². The molecule has 0 spiro atoms. The van der Waals surface area contributed by atoms with Gasteiger partial charge in [0.05, 0.1) is 28.3 Å². The van der Waals surface area contributed by atoms with Crippen LogP contribution in [0.1, 0.15) is 0 Å². The zero-order valence-corrected chi connectivity index (χ0v) is 14.0. The molecule has 118 valence electrons. The standard InChI is InChI=1S/C15H13N3O3S2/c1-21-9-3-5-11(13(7-9)18(19)20)16-15-17-12-6-4-10(22-2)8-14(12)23-15/h3-8H,1-2H3,(H,16,17). The molecule has 0 aliphatic carbocycles. The highest BCUT2D eigenvalue weighted by Crippen LogP contribution is 2.35. The minimum Gasteiger partial charge on any atom is -0.496 e. The highest BCUT2D eigenvalue weighted by molar-refractivity contribution is 7.98. The molecular weight excluding hydrogens is 334 g/mol. The lowest BCUT2D eigenvalue weighted by Gasteiger charge is -2.05. The topological polar surface area (TPSA) is 77.3 Å². The molecule has 2 aromatic carbocycles. The lowest BCUT2D eigenvalue weighted by molar-refractivity contribution is -0.384. The summed E-state index contributed by atoms with van der Waals surface area (Å²) in [7, 11) is 1.48. The Morgan fingerprint density at radius 1 is 1.30 bits per heavy atom. The summed E-state index contributed by atoms with van der Waals surface area (Å²) in [6.45, 7) is 0. The van der Waals surface area contributed by atoms with E-state index in [1.807, 2.05) is 18.4 Å². The summed E-state index contributed by atoms with van der Waals surface area (Å²) < 4.78 is 6.07. The third-order valence-corrected chi connectivity index (χ3v) is 4.90. The SMILES string of the molecule is COc1ccc(Nc2nc3ccc(SC)cc3s2)c([N+](=O)[O-])c1. The minimum atomic E-state index is -0.440. The van der Waals surface area contributed by atoms with E-state index in [0.717, 1.165) is 15.1 Å². The first kappa shape index (κ1) is 15.6. The Hall–Kier alpha value is -2.32. The molecule has 0 fully saturated rings. The van der Waals surface area contributed by atoms with Gasteiger partial charge in [0, 0.05) is 4.90 Å². The lowest BCUT2D eigenvalue weighted by atomic mass is 10.2. The van der Waals surface area contributed by atoms with Gasteiger partial charge in [-0.15, -0.1) is 11.8 Å². The van der Waals surface area contributed by atoms with Gasteiger partial charge in [-0.25, -0.2) is 4.98 Å². The van der Waals surface area contributed by atoms with Gasteiger partial charge in [-0.05, 0) is 36.6 Å². The van der Waals surface area contributed by atoms with Gasteiger partial charge in [-0.2, -0.15) is 0 Å². The molecule has 3 rings (SSSR count). The number of rotatable bonds is 5. The van der Waals surface area contributed by atoms with Gasteiger partial charge < -0.3 is 10.1 Å². The largest absolute Gasteiger partial charge is 0.496 e. The number of nitrogens with one attached hydrogen (secondary N) is 1. The highest BCUT2D eigenvalue weighted by Gasteiger charge is 2.16. The van der Waals surface area contributed by atoms with Crippen LogP contribution >= 0.6 is 23.1 Å². The Bertz CT molecular complexity index is 880. The van der Waals surface area contributed by atoms with E-state index in [-0.39, 0.29) is 5.69 Å². The van der Waals surface area contributed by atoms with E-state index in [4.69, 9.17) is 4.74 Å². The number of thiazole rings is 1. The number of methoxy groups -OCH3 is 1. The fraction of sp³-hybridized carbons (Fsp3) is 0.133. The zero-order chi connectivity index (χ0) is 16.4. The summed E-state index contributed by atoms with van der Waals surface area (Å²) in [5.74, 6) is 0.441. The van der Waals surface area contributed by atoms with Crippen LogP contribution in [-0.2, 0) is 0 Å². The second-order valence-electron chi connectivity index (χ2n) is 4.62.